The number of amides is 2. The Morgan fingerprint density at radius 1 is 1.08 bits per heavy atom. The summed E-state index contributed by atoms with van der Waals surface area (Å²) >= 11 is 1.74. The summed E-state index contributed by atoms with van der Waals surface area (Å²) < 4.78 is 6.81. The fourth-order valence-corrected chi connectivity index (χ4v) is 5.13. The number of carbonyl (C=O) groups excluding carboxylic acids is 2. The van der Waals surface area contributed by atoms with Crippen LogP contribution in [0.2, 0.25) is 0 Å². The van der Waals surface area contributed by atoms with Crippen LogP contribution in [-0.2, 0) is 9.59 Å². The number of benzene rings is 2. The molecule has 6 heteroatoms. The summed E-state index contributed by atoms with van der Waals surface area (Å²) in [5.41, 5.74) is 3.61. The van der Waals surface area contributed by atoms with Crippen molar-refractivity contribution < 1.29 is 14.3 Å². The maximum Gasteiger partial charge on any atom is 0.262 e. The SMILES string of the molecule is Cc1c([C@H]2CC(=O)Nc3cc4c(cc32)OCC(=O)N4)sc2ccccc12. The zero-order valence-electron chi connectivity index (χ0n) is 14.1. The van der Waals surface area contributed by atoms with Crippen molar-refractivity contribution in [3.8, 4) is 5.75 Å². The van der Waals surface area contributed by atoms with Crippen molar-refractivity contribution in [3.05, 3.63) is 52.4 Å². The fourth-order valence-electron chi connectivity index (χ4n) is 3.79. The van der Waals surface area contributed by atoms with Crippen LogP contribution in [0.4, 0.5) is 11.4 Å². The van der Waals surface area contributed by atoms with E-state index < -0.39 is 0 Å². The number of thiophene rings is 1. The first-order valence-electron chi connectivity index (χ1n) is 8.48. The van der Waals surface area contributed by atoms with Crippen molar-refractivity contribution in [1.82, 2.24) is 0 Å². The van der Waals surface area contributed by atoms with E-state index in [4.69, 9.17) is 4.74 Å². The Morgan fingerprint density at radius 2 is 1.88 bits per heavy atom. The second kappa shape index (κ2) is 5.57. The van der Waals surface area contributed by atoms with E-state index in [1.54, 1.807) is 17.4 Å². The van der Waals surface area contributed by atoms with Crippen molar-refractivity contribution in [2.75, 3.05) is 17.2 Å². The summed E-state index contributed by atoms with van der Waals surface area (Å²) in [7, 11) is 0. The van der Waals surface area contributed by atoms with Crippen molar-refractivity contribution in [3.63, 3.8) is 0 Å². The molecule has 3 heterocycles. The number of fused-ring (bicyclic) bond motifs is 3. The fraction of sp³-hybridized carbons (Fsp3) is 0.200. The lowest BCUT2D eigenvalue weighted by Crippen LogP contribution is -2.28. The lowest BCUT2D eigenvalue weighted by molar-refractivity contribution is -0.118. The van der Waals surface area contributed by atoms with E-state index >= 15 is 0 Å². The first kappa shape index (κ1) is 15.4. The van der Waals surface area contributed by atoms with Crippen molar-refractivity contribution in [1.29, 1.82) is 0 Å². The minimum Gasteiger partial charge on any atom is -0.482 e. The number of rotatable bonds is 1. The number of hydrogen-bond acceptors (Lipinski definition) is 4. The van der Waals surface area contributed by atoms with Gasteiger partial charge >= 0.3 is 0 Å². The molecular formula is C20H16N2O3S. The third-order valence-electron chi connectivity index (χ3n) is 5.02. The number of carbonyl (C=O) groups is 2. The summed E-state index contributed by atoms with van der Waals surface area (Å²) in [5, 5.41) is 6.97. The van der Waals surface area contributed by atoms with E-state index in [-0.39, 0.29) is 24.3 Å². The molecule has 0 aliphatic carbocycles. The van der Waals surface area contributed by atoms with Crippen LogP contribution in [0.1, 0.15) is 28.3 Å². The van der Waals surface area contributed by atoms with E-state index in [0.717, 1.165) is 11.3 Å². The Kier molecular flexibility index (Phi) is 3.30. The average molecular weight is 364 g/mol. The lowest BCUT2D eigenvalue weighted by atomic mass is 9.87. The molecule has 1 aromatic heterocycles. The standard InChI is InChI=1S/C20H16N2O3S/c1-10-11-4-2-3-5-17(11)26-20(10)13-7-18(23)21-14-8-15-16(6-12(13)14)25-9-19(24)22-15/h2-6,8,13H,7,9H2,1H3,(H,21,23)(H,22,24)/t13-/m0/s1. The number of nitrogens with one attached hydrogen (secondary N) is 2. The zero-order chi connectivity index (χ0) is 17.8. The molecule has 26 heavy (non-hydrogen) atoms. The molecule has 0 saturated carbocycles. The minimum atomic E-state index is -0.184. The molecule has 0 spiro atoms. The van der Waals surface area contributed by atoms with Crippen LogP contribution in [0.5, 0.6) is 5.75 Å². The van der Waals surface area contributed by atoms with Gasteiger partial charge in [0.25, 0.3) is 5.91 Å². The first-order valence-corrected chi connectivity index (χ1v) is 9.30. The van der Waals surface area contributed by atoms with Gasteiger partial charge < -0.3 is 15.4 Å². The molecule has 2 aliphatic rings. The molecule has 2 amide bonds. The van der Waals surface area contributed by atoms with Gasteiger partial charge in [0.05, 0.1) is 5.69 Å². The van der Waals surface area contributed by atoms with Crippen LogP contribution < -0.4 is 15.4 Å². The second-order valence-electron chi connectivity index (χ2n) is 6.66. The van der Waals surface area contributed by atoms with Gasteiger partial charge in [-0.25, -0.2) is 0 Å². The summed E-state index contributed by atoms with van der Waals surface area (Å²) in [4.78, 5) is 25.1. The summed E-state index contributed by atoms with van der Waals surface area (Å²) in [5.74, 6) is 0.449. The number of anilines is 2. The van der Waals surface area contributed by atoms with Gasteiger partial charge in [0.1, 0.15) is 5.75 Å². The van der Waals surface area contributed by atoms with E-state index in [1.165, 1.54) is 20.5 Å². The van der Waals surface area contributed by atoms with E-state index in [2.05, 4.69) is 29.7 Å². The zero-order valence-corrected chi connectivity index (χ0v) is 14.9. The summed E-state index contributed by atoms with van der Waals surface area (Å²) in [6.45, 7) is 2.14. The highest BCUT2D eigenvalue weighted by molar-refractivity contribution is 7.19. The minimum absolute atomic E-state index is 0.0114. The van der Waals surface area contributed by atoms with E-state index in [0.29, 0.717) is 17.9 Å². The summed E-state index contributed by atoms with van der Waals surface area (Å²) in [6.07, 6.45) is 0.409. The third kappa shape index (κ3) is 2.29. The lowest BCUT2D eigenvalue weighted by Gasteiger charge is -2.28. The third-order valence-corrected chi connectivity index (χ3v) is 6.41. The molecule has 0 saturated heterocycles. The van der Waals surface area contributed by atoms with Gasteiger partial charge in [-0.1, -0.05) is 18.2 Å². The molecule has 0 bridgehead atoms. The van der Waals surface area contributed by atoms with Crippen LogP contribution in [0, 0.1) is 6.92 Å². The monoisotopic (exact) mass is 364 g/mol. The predicted molar refractivity (Wildman–Crippen MR) is 102 cm³/mol. The molecule has 0 unspecified atom stereocenters. The highest BCUT2D eigenvalue weighted by atomic mass is 32.1. The van der Waals surface area contributed by atoms with Gasteiger partial charge in [-0.05, 0) is 41.6 Å². The van der Waals surface area contributed by atoms with E-state index in [9.17, 15) is 9.59 Å². The molecule has 2 aliphatic heterocycles. The van der Waals surface area contributed by atoms with Gasteiger partial charge in [0.2, 0.25) is 5.91 Å². The highest BCUT2D eigenvalue weighted by Gasteiger charge is 2.31. The molecule has 5 rings (SSSR count). The summed E-state index contributed by atoms with van der Waals surface area (Å²) in [6, 6.07) is 12.1. The number of ether oxygens (including phenoxy) is 1. The number of hydrogen-bond donors (Lipinski definition) is 2. The Bertz CT molecular complexity index is 1090. The van der Waals surface area contributed by atoms with Gasteiger partial charge in [0.15, 0.2) is 6.61 Å². The molecule has 0 fully saturated rings. The number of aryl methyl sites for hydroxylation is 1. The topological polar surface area (TPSA) is 67.4 Å². The molecule has 5 nitrogen and oxygen atoms in total. The van der Waals surface area contributed by atoms with Crippen molar-refractivity contribution >= 4 is 44.6 Å². The molecule has 0 radical (unpaired) electrons. The Labute approximate surface area is 154 Å². The van der Waals surface area contributed by atoms with Crippen molar-refractivity contribution in [2.45, 2.75) is 19.3 Å². The van der Waals surface area contributed by atoms with Gasteiger partial charge in [-0.2, -0.15) is 0 Å². The van der Waals surface area contributed by atoms with Crippen LogP contribution in [0.25, 0.3) is 10.1 Å². The average Bonchev–Trinajstić information content (AvgIpc) is 2.96. The van der Waals surface area contributed by atoms with Crippen LogP contribution in [-0.4, -0.2) is 18.4 Å². The Balaban J connectivity index is 1.68. The largest absolute Gasteiger partial charge is 0.482 e. The van der Waals surface area contributed by atoms with Crippen molar-refractivity contribution in [2.24, 2.45) is 0 Å². The van der Waals surface area contributed by atoms with E-state index in [1.807, 2.05) is 18.2 Å². The smallest absolute Gasteiger partial charge is 0.262 e. The normalized spacial score (nSPS) is 18.6. The Morgan fingerprint density at radius 3 is 2.73 bits per heavy atom. The second-order valence-corrected chi connectivity index (χ2v) is 7.75. The molecule has 2 aromatic carbocycles. The maximum atomic E-state index is 12.3. The van der Waals surface area contributed by atoms with Crippen LogP contribution >= 0.6 is 11.3 Å². The van der Waals surface area contributed by atoms with Gasteiger partial charge in [-0.15, -0.1) is 11.3 Å². The van der Waals surface area contributed by atoms with Crippen LogP contribution in [0.3, 0.4) is 0 Å². The quantitative estimate of drug-likeness (QED) is 0.685. The van der Waals surface area contributed by atoms with Gasteiger partial charge in [-0.3, -0.25) is 9.59 Å². The maximum absolute atomic E-state index is 12.3. The van der Waals surface area contributed by atoms with Gasteiger partial charge in [0, 0.05) is 27.6 Å². The Hall–Kier alpha value is -2.86. The first-order chi connectivity index (χ1) is 12.6. The molecular weight excluding hydrogens is 348 g/mol. The molecule has 2 N–H and O–H groups in total. The molecule has 1 atom stereocenters. The molecule has 3 aromatic rings. The van der Waals surface area contributed by atoms with Crippen LogP contribution in [0.15, 0.2) is 36.4 Å². The highest BCUT2D eigenvalue weighted by Crippen LogP contribution is 2.47. The predicted octanol–water partition coefficient (Wildman–Crippen LogP) is 4.01. The molecule has 130 valence electrons.